The Balaban J connectivity index is 2.10. The van der Waals surface area contributed by atoms with Gasteiger partial charge < -0.3 is 5.11 Å². The number of rotatable bonds is 0. The van der Waals surface area contributed by atoms with E-state index in [2.05, 4.69) is 27.7 Å². The fourth-order valence-electron chi connectivity index (χ4n) is 5.93. The molecule has 3 fully saturated rings. The van der Waals surface area contributed by atoms with Gasteiger partial charge in [-0.2, -0.15) is 0 Å². The summed E-state index contributed by atoms with van der Waals surface area (Å²) >= 11 is 0. The molecular weight excluding hydrogens is 196 g/mol. The van der Waals surface area contributed by atoms with Gasteiger partial charge in [0.05, 0.1) is 6.10 Å². The summed E-state index contributed by atoms with van der Waals surface area (Å²) in [6.07, 6.45) is 6.55. The molecule has 5 atom stereocenters. The molecule has 0 aromatic carbocycles. The van der Waals surface area contributed by atoms with Crippen molar-refractivity contribution in [1.29, 1.82) is 0 Å². The van der Waals surface area contributed by atoms with Gasteiger partial charge in [-0.05, 0) is 60.2 Å². The van der Waals surface area contributed by atoms with Gasteiger partial charge in [-0.25, -0.2) is 0 Å². The quantitative estimate of drug-likeness (QED) is 0.664. The molecule has 16 heavy (non-hydrogen) atoms. The third kappa shape index (κ3) is 1.02. The third-order valence-electron chi connectivity index (χ3n) is 6.72. The first kappa shape index (κ1) is 11.1. The Kier molecular flexibility index (Phi) is 1.98. The first-order valence-electron chi connectivity index (χ1n) is 7.01. The van der Waals surface area contributed by atoms with Gasteiger partial charge >= 0.3 is 0 Å². The van der Waals surface area contributed by atoms with Crippen molar-refractivity contribution >= 4 is 0 Å². The molecule has 1 heteroatoms. The van der Waals surface area contributed by atoms with Gasteiger partial charge in [-0.3, -0.25) is 0 Å². The molecule has 0 radical (unpaired) electrons. The summed E-state index contributed by atoms with van der Waals surface area (Å²) in [6, 6.07) is 0. The third-order valence-corrected chi connectivity index (χ3v) is 6.72. The van der Waals surface area contributed by atoms with E-state index < -0.39 is 0 Å². The predicted molar refractivity (Wildman–Crippen MR) is 66.1 cm³/mol. The van der Waals surface area contributed by atoms with Crippen LogP contribution in [-0.2, 0) is 0 Å². The standard InChI is InChI=1S/C15H26O/c1-10-5-6-11-13(2,3)12(16)14(4)7-8-15(10,11)9-14/h10-12,16H,5-9H2,1-4H3/t10-,11?,12+,14-,15+/m0/s1. The second kappa shape index (κ2) is 2.85. The molecule has 3 aliphatic carbocycles. The normalized spacial score (nSPS) is 58.7. The maximum Gasteiger partial charge on any atom is 0.0647 e. The lowest BCUT2D eigenvalue weighted by molar-refractivity contribution is -0.138. The fraction of sp³-hybridized carbons (Fsp3) is 1.00. The minimum absolute atomic E-state index is 0.0917. The Hall–Kier alpha value is -0.0400. The van der Waals surface area contributed by atoms with Crippen molar-refractivity contribution in [2.45, 2.75) is 65.9 Å². The molecule has 2 bridgehead atoms. The van der Waals surface area contributed by atoms with E-state index in [1.54, 1.807) is 0 Å². The Morgan fingerprint density at radius 3 is 2.44 bits per heavy atom. The van der Waals surface area contributed by atoms with Crippen LogP contribution >= 0.6 is 0 Å². The number of hydrogen-bond acceptors (Lipinski definition) is 1. The zero-order chi connectivity index (χ0) is 11.8. The van der Waals surface area contributed by atoms with E-state index >= 15 is 0 Å². The highest BCUT2D eigenvalue weighted by atomic mass is 16.3. The van der Waals surface area contributed by atoms with Crippen molar-refractivity contribution in [3.8, 4) is 0 Å². The molecular formula is C15H26O. The number of hydrogen-bond donors (Lipinski definition) is 1. The second-order valence-corrected chi connectivity index (χ2v) is 7.82. The average molecular weight is 222 g/mol. The topological polar surface area (TPSA) is 20.2 Å². The van der Waals surface area contributed by atoms with E-state index in [0.29, 0.717) is 5.41 Å². The molecule has 0 aromatic heterocycles. The summed E-state index contributed by atoms with van der Waals surface area (Å²) in [5.41, 5.74) is 0.921. The van der Waals surface area contributed by atoms with E-state index in [0.717, 1.165) is 11.8 Å². The van der Waals surface area contributed by atoms with Gasteiger partial charge in [0.1, 0.15) is 0 Å². The van der Waals surface area contributed by atoms with Crippen molar-refractivity contribution in [1.82, 2.24) is 0 Å². The van der Waals surface area contributed by atoms with Gasteiger partial charge in [-0.15, -0.1) is 0 Å². The van der Waals surface area contributed by atoms with Crippen LogP contribution in [0.3, 0.4) is 0 Å². The highest BCUT2D eigenvalue weighted by molar-refractivity contribution is 5.16. The summed E-state index contributed by atoms with van der Waals surface area (Å²) in [5, 5.41) is 10.7. The summed E-state index contributed by atoms with van der Waals surface area (Å²) in [7, 11) is 0. The number of aliphatic hydroxyl groups is 1. The molecule has 0 amide bonds. The lowest BCUT2D eigenvalue weighted by atomic mass is 9.51. The molecule has 0 aliphatic heterocycles. The summed E-state index contributed by atoms with van der Waals surface area (Å²) in [4.78, 5) is 0. The van der Waals surface area contributed by atoms with Crippen molar-refractivity contribution in [3.63, 3.8) is 0 Å². The van der Waals surface area contributed by atoms with Gasteiger partial charge in [0, 0.05) is 0 Å². The van der Waals surface area contributed by atoms with Crippen molar-refractivity contribution < 1.29 is 5.11 Å². The van der Waals surface area contributed by atoms with Gasteiger partial charge in [-0.1, -0.05) is 27.7 Å². The zero-order valence-corrected chi connectivity index (χ0v) is 11.2. The van der Waals surface area contributed by atoms with Crippen molar-refractivity contribution in [2.75, 3.05) is 0 Å². The molecule has 92 valence electrons. The molecule has 0 aromatic rings. The zero-order valence-electron chi connectivity index (χ0n) is 11.2. The lowest BCUT2D eigenvalue weighted by Crippen LogP contribution is -2.54. The largest absolute Gasteiger partial charge is 0.392 e. The Bertz CT molecular complexity index is 321. The molecule has 3 saturated carbocycles. The molecule has 0 saturated heterocycles. The number of aliphatic hydroxyl groups excluding tert-OH is 1. The summed E-state index contributed by atoms with van der Waals surface area (Å²) in [5.74, 6) is 1.65. The first-order valence-corrected chi connectivity index (χ1v) is 7.01. The highest BCUT2D eigenvalue weighted by Gasteiger charge is 2.67. The Morgan fingerprint density at radius 2 is 1.75 bits per heavy atom. The van der Waals surface area contributed by atoms with Crippen LogP contribution in [0.5, 0.6) is 0 Å². The molecule has 1 spiro atoms. The van der Waals surface area contributed by atoms with E-state index in [4.69, 9.17) is 0 Å². The van der Waals surface area contributed by atoms with Crippen LogP contribution in [0, 0.1) is 28.1 Å². The molecule has 0 heterocycles. The van der Waals surface area contributed by atoms with E-state index in [1.165, 1.54) is 32.1 Å². The number of fused-ring (bicyclic) bond motifs is 1. The predicted octanol–water partition coefficient (Wildman–Crippen LogP) is 3.61. The lowest BCUT2D eigenvalue weighted by Gasteiger charge is -2.55. The van der Waals surface area contributed by atoms with Crippen LogP contribution in [0.2, 0.25) is 0 Å². The average Bonchev–Trinajstić information content (AvgIpc) is 2.69. The van der Waals surface area contributed by atoms with Gasteiger partial charge in [0.2, 0.25) is 0 Å². The monoisotopic (exact) mass is 222 g/mol. The minimum Gasteiger partial charge on any atom is -0.392 e. The van der Waals surface area contributed by atoms with Crippen LogP contribution in [0.1, 0.15) is 59.8 Å². The van der Waals surface area contributed by atoms with Gasteiger partial charge in [0.15, 0.2) is 0 Å². The Morgan fingerprint density at radius 1 is 1.06 bits per heavy atom. The van der Waals surface area contributed by atoms with Crippen LogP contribution in [0.25, 0.3) is 0 Å². The van der Waals surface area contributed by atoms with Crippen molar-refractivity contribution in [3.05, 3.63) is 0 Å². The second-order valence-electron chi connectivity index (χ2n) is 7.82. The van der Waals surface area contributed by atoms with E-state index in [9.17, 15) is 5.11 Å². The van der Waals surface area contributed by atoms with Gasteiger partial charge in [0.25, 0.3) is 0 Å². The molecule has 3 rings (SSSR count). The molecule has 1 unspecified atom stereocenters. The van der Waals surface area contributed by atoms with E-state index in [-0.39, 0.29) is 16.9 Å². The first-order chi connectivity index (χ1) is 7.33. The summed E-state index contributed by atoms with van der Waals surface area (Å²) in [6.45, 7) is 9.42. The van der Waals surface area contributed by atoms with Crippen LogP contribution in [-0.4, -0.2) is 11.2 Å². The maximum absolute atomic E-state index is 10.7. The highest BCUT2D eigenvalue weighted by Crippen LogP contribution is 2.72. The van der Waals surface area contributed by atoms with E-state index in [1.807, 2.05) is 0 Å². The minimum atomic E-state index is -0.0917. The molecule has 3 aliphatic rings. The van der Waals surface area contributed by atoms with Crippen molar-refractivity contribution in [2.24, 2.45) is 28.1 Å². The van der Waals surface area contributed by atoms with Crippen LogP contribution < -0.4 is 0 Å². The molecule has 1 N–H and O–H groups in total. The smallest absolute Gasteiger partial charge is 0.0647 e. The fourth-order valence-corrected chi connectivity index (χ4v) is 5.93. The molecule has 1 nitrogen and oxygen atoms in total. The van der Waals surface area contributed by atoms with Crippen LogP contribution in [0.15, 0.2) is 0 Å². The maximum atomic E-state index is 10.7. The van der Waals surface area contributed by atoms with Crippen LogP contribution in [0.4, 0.5) is 0 Å². The summed E-state index contributed by atoms with van der Waals surface area (Å²) < 4.78 is 0. The Labute approximate surface area is 99.6 Å². The SMILES string of the molecule is C[C@H]1CCC2C(C)(C)[C@@H](O)[C@@]3(C)CC[C@]21C3.